The molecule has 0 bridgehead atoms. The van der Waals surface area contributed by atoms with Gasteiger partial charge in [-0.15, -0.1) is 0 Å². The van der Waals surface area contributed by atoms with Crippen LogP contribution in [0.5, 0.6) is 0 Å². The minimum Gasteiger partial charge on any atom is -0.348 e. The number of piperidine rings is 1. The van der Waals surface area contributed by atoms with Crippen molar-refractivity contribution in [3.63, 3.8) is 0 Å². The van der Waals surface area contributed by atoms with Gasteiger partial charge in [0.1, 0.15) is 0 Å². The Balaban J connectivity index is 1.52. The number of hydrogen-bond donors (Lipinski definition) is 1. The van der Waals surface area contributed by atoms with Gasteiger partial charge in [0, 0.05) is 35.2 Å². The lowest BCUT2D eigenvalue weighted by Gasteiger charge is -2.32. The van der Waals surface area contributed by atoms with Crippen molar-refractivity contribution in [2.24, 2.45) is 5.92 Å². The molecular formula is C20H22BrN3O2. The van der Waals surface area contributed by atoms with Crippen LogP contribution >= 0.6 is 15.9 Å². The molecule has 1 unspecified atom stereocenters. The maximum atomic E-state index is 12.6. The van der Waals surface area contributed by atoms with Gasteiger partial charge in [-0.05, 0) is 56.2 Å². The first-order valence-corrected chi connectivity index (χ1v) is 9.60. The zero-order chi connectivity index (χ0) is 18.5. The van der Waals surface area contributed by atoms with Gasteiger partial charge in [-0.3, -0.25) is 14.6 Å². The number of rotatable bonds is 4. The van der Waals surface area contributed by atoms with Gasteiger partial charge in [0.2, 0.25) is 5.91 Å². The normalized spacial score (nSPS) is 16.2. The molecule has 3 rings (SSSR count). The molecule has 0 radical (unpaired) electrons. The molecule has 5 nitrogen and oxygen atoms in total. The third-order valence-electron chi connectivity index (χ3n) is 4.73. The Bertz CT molecular complexity index is 756. The van der Waals surface area contributed by atoms with Crippen LogP contribution in [0.1, 0.15) is 41.9 Å². The molecule has 0 spiro atoms. The first kappa shape index (κ1) is 18.6. The molecule has 1 aliphatic rings. The Kier molecular flexibility index (Phi) is 6.04. The van der Waals surface area contributed by atoms with E-state index >= 15 is 0 Å². The van der Waals surface area contributed by atoms with Gasteiger partial charge in [-0.1, -0.05) is 22.0 Å². The Hall–Kier alpha value is -2.21. The number of nitrogens with one attached hydrogen (secondary N) is 1. The topological polar surface area (TPSA) is 62.3 Å². The summed E-state index contributed by atoms with van der Waals surface area (Å²) in [7, 11) is 0. The SMILES string of the molecule is CC(NC(=O)C1CCN(C(=O)c2ccc(Br)cc2)CC1)c1ccccn1. The van der Waals surface area contributed by atoms with Crippen LogP contribution in [0, 0.1) is 5.92 Å². The van der Waals surface area contributed by atoms with E-state index in [9.17, 15) is 9.59 Å². The molecule has 0 aliphatic carbocycles. The van der Waals surface area contributed by atoms with E-state index in [0.29, 0.717) is 31.5 Å². The second-order valence-electron chi connectivity index (χ2n) is 6.56. The number of hydrogen-bond acceptors (Lipinski definition) is 3. The summed E-state index contributed by atoms with van der Waals surface area (Å²) in [5.74, 6) is 0.00670. The van der Waals surface area contributed by atoms with E-state index in [-0.39, 0.29) is 23.8 Å². The summed E-state index contributed by atoms with van der Waals surface area (Å²) in [4.78, 5) is 31.2. The summed E-state index contributed by atoms with van der Waals surface area (Å²) < 4.78 is 0.950. The highest BCUT2D eigenvalue weighted by atomic mass is 79.9. The average molecular weight is 416 g/mol. The minimum absolute atomic E-state index is 0.0261. The van der Waals surface area contributed by atoms with Crippen LogP contribution in [0.2, 0.25) is 0 Å². The highest BCUT2D eigenvalue weighted by Gasteiger charge is 2.28. The predicted molar refractivity (Wildman–Crippen MR) is 104 cm³/mol. The van der Waals surface area contributed by atoms with Crippen molar-refractivity contribution in [3.05, 3.63) is 64.4 Å². The summed E-state index contributed by atoms with van der Waals surface area (Å²) in [5.41, 5.74) is 1.53. The molecule has 1 fully saturated rings. The van der Waals surface area contributed by atoms with Gasteiger partial charge in [-0.25, -0.2) is 0 Å². The number of aromatic nitrogens is 1. The van der Waals surface area contributed by atoms with Crippen molar-refractivity contribution in [3.8, 4) is 0 Å². The number of carbonyl (C=O) groups excluding carboxylic acids is 2. The molecule has 136 valence electrons. The molecule has 1 atom stereocenters. The molecule has 2 heterocycles. The predicted octanol–water partition coefficient (Wildman–Crippen LogP) is 3.57. The van der Waals surface area contributed by atoms with Crippen LogP contribution in [0.15, 0.2) is 53.1 Å². The lowest BCUT2D eigenvalue weighted by atomic mass is 9.95. The Morgan fingerprint density at radius 2 is 1.85 bits per heavy atom. The van der Waals surface area contributed by atoms with E-state index in [1.165, 1.54) is 0 Å². The maximum absolute atomic E-state index is 12.6. The summed E-state index contributed by atoms with van der Waals surface area (Å²) >= 11 is 3.38. The molecule has 1 aromatic heterocycles. The fourth-order valence-corrected chi connectivity index (χ4v) is 3.42. The highest BCUT2D eigenvalue weighted by Crippen LogP contribution is 2.21. The van der Waals surface area contributed by atoms with E-state index in [4.69, 9.17) is 0 Å². The Labute approximate surface area is 161 Å². The smallest absolute Gasteiger partial charge is 0.253 e. The fraction of sp³-hybridized carbons (Fsp3) is 0.350. The zero-order valence-corrected chi connectivity index (χ0v) is 16.3. The largest absolute Gasteiger partial charge is 0.348 e. The van der Waals surface area contributed by atoms with Crippen LogP contribution in [0.3, 0.4) is 0 Å². The van der Waals surface area contributed by atoms with Crippen molar-refractivity contribution in [2.75, 3.05) is 13.1 Å². The van der Waals surface area contributed by atoms with Crippen molar-refractivity contribution >= 4 is 27.7 Å². The third-order valence-corrected chi connectivity index (χ3v) is 5.26. The van der Waals surface area contributed by atoms with Crippen LogP contribution in [-0.2, 0) is 4.79 Å². The maximum Gasteiger partial charge on any atom is 0.253 e. The van der Waals surface area contributed by atoms with Gasteiger partial charge < -0.3 is 10.2 Å². The van der Waals surface area contributed by atoms with E-state index < -0.39 is 0 Å². The quantitative estimate of drug-likeness (QED) is 0.829. The summed E-state index contributed by atoms with van der Waals surface area (Å²) in [5, 5.41) is 3.04. The van der Waals surface area contributed by atoms with E-state index in [1.54, 1.807) is 6.20 Å². The van der Waals surface area contributed by atoms with Gasteiger partial charge in [0.15, 0.2) is 0 Å². The fourth-order valence-electron chi connectivity index (χ4n) is 3.16. The number of halogens is 1. The van der Waals surface area contributed by atoms with Crippen LogP contribution in [0.4, 0.5) is 0 Å². The second-order valence-corrected chi connectivity index (χ2v) is 7.47. The monoisotopic (exact) mass is 415 g/mol. The molecule has 26 heavy (non-hydrogen) atoms. The first-order valence-electron chi connectivity index (χ1n) is 8.81. The number of pyridine rings is 1. The molecule has 1 aromatic carbocycles. The second kappa shape index (κ2) is 8.45. The number of likely N-dealkylation sites (tertiary alicyclic amines) is 1. The molecule has 2 aromatic rings. The van der Waals surface area contributed by atoms with Crippen LogP contribution in [-0.4, -0.2) is 34.8 Å². The lowest BCUT2D eigenvalue weighted by Crippen LogP contribution is -2.43. The van der Waals surface area contributed by atoms with Crippen molar-refractivity contribution in [2.45, 2.75) is 25.8 Å². The lowest BCUT2D eigenvalue weighted by molar-refractivity contribution is -0.127. The molecule has 2 amide bonds. The average Bonchev–Trinajstić information content (AvgIpc) is 2.69. The Morgan fingerprint density at radius 1 is 1.15 bits per heavy atom. The molecule has 1 N–H and O–H groups in total. The molecule has 0 saturated carbocycles. The number of amides is 2. The molecule has 6 heteroatoms. The summed E-state index contributed by atoms with van der Waals surface area (Å²) in [6.45, 7) is 3.14. The van der Waals surface area contributed by atoms with Crippen molar-refractivity contribution in [1.29, 1.82) is 0 Å². The first-order chi connectivity index (χ1) is 12.5. The van der Waals surface area contributed by atoms with Gasteiger partial charge in [-0.2, -0.15) is 0 Å². The number of carbonyl (C=O) groups is 2. The zero-order valence-electron chi connectivity index (χ0n) is 14.7. The molecule has 1 saturated heterocycles. The van der Waals surface area contributed by atoms with Crippen LogP contribution < -0.4 is 5.32 Å². The van der Waals surface area contributed by atoms with E-state index in [2.05, 4.69) is 26.2 Å². The van der Waals surface area contributed by atoms with Gasteiger partial charge >= 0.3 is 0 Å². The Morgan fingerprint density at radius 3 is 2.46 bits per heavy atom. The number of benzene rings is 1. The summed E-state index contributed by atoms with van der Waals surface area (Å²) in [6, 6.07) is 12.9. The highest BCUT2D eigenvalue weighted by molar-refractivity contribution is 9.10. The van der Waals surface area contributed by atoms with Crippen molar-refractivity contribution in [1.82, 2.24) is 15.2 Å². The van der Waals surface area contributed by atoms with Crippen molar-refractivity contribution < 1.29 is 9.59 Å². The van der Waals surface area contributed by atoms with E-state index in [0.717, 1.165) is 10.2 Å². The summed E-state index contributed by atoms with van der Waals surface area (Å²) in [6.07, 6.45) is 3.09. The third kappa shape index (κ3) is 4.49. The van der Waals surface area contributed by atoms with E-state index in [1.807, 2.05) is 54.3 Å². The molecular weight excluding hydrogens is 394 g/mol. The molecule has 1 aliphatic heterocycles. The minimum atomic E-state index is -0.119. The van der Waals surface area contributed by atoms with Gasteiger partial charge in [0.25, 0.3) is 5.91 Å². The van der Waals surface area contributed by atoms with Gasteiger partial charge in [0.05, 0.1) is 11.7 Å². The standard InChI is InChI=1S/C20H22BrN3O2/c1-14(18-4-2-3-11-22-18)23-19(25)15-9-12-24(13-10-15)20(26)16-5-7-17(21)8-6-16/h2-8,11,14-15H,9-10,12-13H2,1H3,(H,23,25). The van der Waals surface area contributed by atoms with Crippen LogP contribution in [0.25, 0.3) is 0 Å². The number of nitrogens with zero attached hydrogens (tertiary/aromatic N) is 2.